The van der Waals surface area contributed by atoms with Crippen LogP contribution in [-0.2, 0) is 9.59 Å². The molecular formula is C15H28N2O3. The van der Waals surface area contributed by atoms with E-state index in [0.717, 1.165) is 38.9 Å². The highest BCUT2D eigenvalue weighted by Gasteiger charge is 2.23. The SMILES string of the molecule is CC(C)CCN(CC(=O)N1CCCC1)CC(C)C(=O)O. The van der Waals surface area contributed by atoms with E-state index in [1.807, 2.05) is 9.80 Å². The van der Waals surface area contributed by atoms with Gasteiger partial charge < -0.3 is 10.0 Å². The third kappa shape index (κ3) is 5.90. The van der Waals surface area contributed by atoms with Crippen LogP contribution in [0.3, 0.4) is 0 Å². The lowest BCUT2D eigenvalue weighted by Crippen LogP contribution is -2.42. The monoisotopic (exact) mass is 284 g/mol. The molecule has 1 heterocycles. The van der Waals surface area contributed by atoms with Gasteiger partial charge in [0.1, 0.15) is 0 Å². The molecule has 0 bridgehead atoms. The minimum Gasteiger partial charge on any atom is -0.481 e. The minimum atomic E-state index is -0.798. The molecule has 1 amide bonds. The van der Waals surface area contributed by atoms with Crippen LogP contribution in [0.4, 0.5) is 0 Å². The van der Waals surface area contributed by atoms with E-state index in [-0.39, 0.29) is 5.91 Å². The van der Waals surface area contributed by atoms with E-state index >= 15 is 0 Å². The van der Waals surface area contributed by atoms with Gasteiger partial charge in [0.15, 0.2) is 0 Å². The number of carbonyl (C=O) groups is 2. The molecule has 1 aliphatic heterocycles. The molecule has 1 unspecified atom stereocenters. The van der Waals surface area contributed by atoms with Crippen molar-refractivity contribution >= 4 is 11.9 Å². The molecule has 0 aromatic rings. The topological polar surface area (TPSA) is 60.9 Å². The molecule has 1 saturated heterocycles. The molecule has 0 spiro atoms. The van der Waals surface area contributed by atoms with E-state index in [9.17, 15) is 9.59 Å². The average Bonchev–Trinajstić information content (AvgIpc) is 2.89. The summed E-state index contributed by atoms with van der Waals surface area (Å²) in [5.41, 5.74) is 0. The zero-order chi connectivity index (χ0) is 15.1. The van der Waals surface area contributed by atoms with Crippen LogP contribution in [0.1, 0.15) is 40.0 Å². The van der Waals surface area contributed by atoms with Crippen molar-refractivity contribution in [2.75, 3.05) is 32.7 Å². The number of carboxylic acids is 1. The van der Waals surface area contributed by atoms with Crippen molar-refractivity contribution in [3.63, 3.8) is 0 Å². The summed E-state index contributed by atoms with van der Waals surface area (Å²) in [6.07, 6.45) is 3.16. The van der Waals surface area contributed by atoms with Crippen molar-refractivity contribution < 1.29 is 14.7 Å². The highest BCUT2D eigenvalue weighted by atomic mass is 16.4. The van der Waals surface area contributed by atoms with E-state index in [2.05, 4.69) is 13.8 Å². The molecule has 0 saturated carbocycles. The van der Waals surface area contributed by atoms with E-state index in [0.29, 0.717) is 19.0 Å². The highest BCUT2D eigenvalue weighted by Crippen LogP contribution is 2.10. The van der Waals surface area contributed by atoms with Gasteiger partial charge in [-0.2, -0.15) is 0 Å². The van der Waals surface area contributed by atoms with Crippen molar-refractivity contribution in [3.8, 4) is 0 Å². The maximum atomic E-state index is 12.2. The summed E-state index contributed by atoms with van der Waals surface area (Å²) < 4.78 is 0. The fraction of sp³-hybridized carbons (Fsp3) is 0.867. The van der Waals surface area contributed by atoms with Crippen LogP contribution < -0.4 is 0 Å². The zero-order valence-electron chi connectivity index (χ0n) is 13.0. The summed E-state index contributed by atoms with van der Waals surface area (Å²) in [6.45, 7) is 9.27. The third-order valence-corrected chi connectivity index (χ3v) is 3.79. The Morgan fingerprint density at radius 1 is 1.20 bits per heavy atom. The Kier molecular flexibility index (Phi) is 6.99. The number of likely N-dealkylation sites (tertiary alicyclic amines) is 1. The lowest BCUT2D eigenvalue weighted by Gasteiger charge is -2.26. The van der Waals surface area contributed by atoms with Gasteiger partial charge in [-0.3, -0.25) is 14.5 Å². The lowest BCUT2D eigenvalue weighted by atomic mass is 10.1. The number of rotatable bonds is 8. The van der Waals surface area contributed by atoms with E-state index in [1.165, 1.54) is 0 Å². The smallest absolute Gasteiger partial charge is 0.307 e. The van der Waals surface area contributed by atoms with Crippen molar-refractivity contribution in [2.24, 2.45) is 11.8 Å². The summed E-state index contributed by atoms with van der Waals surface area (Å²) in [6, 6.07) is 0. The molecule has 1 aliphatic rings. The van der Waals surface area contributed by atoms with Gasteiger partial charge in [0, 0.05) is 19.6 Å². The Labute approximate surface area is 121 Å². The summed E-state index contributed by atoms with van der Waals surface area (Å²) in [5.74, 6) is -0.537. The predicted molar refractivity (Wildman–Crippen MR) is 78.5 cm³/mol. The van der Waals surface area contributed by atoms with Crippen molar-refractivity contribution in [3.05, 3.63) is 0 Å². The van der Waals surface area contributed by atoms with E-state index < -0.39 is 11.9 Å². The molecule has 0 aliphatic carbocycles. The molecule has 5 nitrogen and oxygen atoms in total. The first-order valence-corrected chi connectivity index (χ1v) is 7.63. The number of carboxylic acid groups (broad SMARTS) is 1. The maximum absolute atomic E-state index is 12.2. The van der Waals surface area contributed by atoms with Crippen molar-refractivity contribution in [1.82, 2.24) is 9.80 Å². The molecule has 0 radical (unpaired) electrons. The number of carbonyl (C=O) groups excluding carboxylic acids is 1. The van der Waals surface area contributed by atoms with Crippen molar-refractivity contribution in [2.45, 2.75) is 40.0 Å². The number of nitrogens with zero attached hydrogens (tertiary/aromatic N) is 2. The van der Waals surface area contributed by atoms with Crippen LogP contribution in [0.2, 0.25) is 0 Å². The summed E-state index contributed by atoms with van der Waals surface area (Å²) in [5, 5.41) is 9.03. The summed E-state index contributed by atoms with van der Waals surface area (Å²) in [7, 11) is 0. The van der Waals surface area contributed by atoms with E-state index in [4.69, 9.17) is 5.11 Å². The van der Waals surface area contributed by atoms with Crippen molar-refractivity contribution in [1.29, 1.82) is 0 Å². The third-order valence-electron chi connectivity index (χ3n) is 3.79. The second kappa shape index (κ2) is 8.25. The van der Waals surface area contributed by atoms with Crippen LogP contribution in [-0.4, -0.2) is 59.5 Å². The molecule has 0 aromatic heterocycles. The summed E-state index contributed by atoms with van der Waals surface area (Å²) in [4.78, 5) is 27.1. The van der Waals surface area contributed by atoms with Gasteiger partial charge in [-0.25, -0.2) is 0 Å². The standard InChI is InChI=1S/C15H28N2O3/c1-12(2)6-9-16(10-13(3)15(19)20)11-14(18)17-7-4-5-8-17/h12-13H,4-11H2,1-3H3,(H,19,20). The van der Waals surface area contributed by atoms with Gasteiger partial charge in [0.05, 0.1) is 12.5 Å². The number of amides is 1. The number of hydrogen-bond acceptors (Lipinski definition) is 3. The molecular weight excluding hydrogens is 256 g/mol. The maximum Gasteiger partial charge on any atom is 0.307 e. The van der Waals surface area contributed by atoms with Gasteiger partial charge >= 0.3 is 5.97 Å². The van der Waals surface area contributed by atoms with Gasteiger partial charge in [-0.15, -0.1) is 0 Å². The van der Waals surface area contributed by atoms with Crippen LogP contribution in [0.25, 0.3) is 0 Å². The molecule has 5 heteroatoms. The fourth-order valence-corrected chi connectivity index (χ4v) is 2.40. The van der Waals surface area contributed by atoms with Gasteiger partial charge in [0.25, 0.3) is 0 Å². The Bertz CT molecular complexity index is 325. The molecule has 1 fully saturated rings. The average molecular weight is 284 g/mol. The second-order valence-corrected chi connectivity index (χ2v) is 6.24. The largest absolute Gasteiger partial charge is 0.481 e. The minimum absolute atomic E-state index is 0.142. The molecule has 20 heavy (non-hydrogen) atoms. The Morgan fingerprint density at radius 3 is 2.30 bits per heavy atom. The fourth-order valence-electron chi connectivity index (χ4n) is 2.40. The van der Waals surface area contributed by atoms with Crippen LogP contribution in [0.15, 0.2) is 0 Å². The van der Waals surface area contributed by atoms with Gasteiger partial charge in [-0.05, 0) is 31.7 Å². The summed E-state index contributed by atoms with van der Waals surface area (Å²) >= 11 is 0. The van der Waals surface area contributed by atoms with Crippen LogP contribution >= 0.6 is 0 Å². The van der Waals surface area contributed by atoms with Crippen LogP contribution in [0, 0.1) is 11.8 Å². The van der Waals surface area contributed by atoms with Gasteiger partial charge in [-0.1, -0.05) is 20.8 Å². The number of aliphatic carboxylic acids is 1. The molecule has 1 rings (SSSR count). The van der Waals surface area contributed by atoms with E-state index in [1.54, 1.807) is 6.92 Å². The number of hydrogen-bond donors (Lipinski definition) is 1. The Hall–Kier alpha value is -1.10. The zero-order valence-corrected chi connectivity index (χ0v) is 13.0. The second-order valence-electron chi connectivity index (χ2n) is 6.24. The highest BCUT2D eigenvalue weighted by molar-refractivity contribution is 5.78. The first-order chi connectivity index (χ1) is 9.40. The van der Waals surface area contributed by atoms with Gasteiger partial charge in [0.2, 0.25) is 5.91 Å². The normalized spacial score (nSPS) is 16.9. The first-order valence-electron chi connectivity index (χ1n) is 7.63. The molecule has 1 N–H and O–H groups in total. The van der Waals surface area contributed by atoms with Crippen LogP contribution in [0.5, 0.6) is 0 Å². The molecule has 116 valence electrons. The Balaban J connectivity index is 2.51. The quantitative estimate of drug-likeness (QED) is 0.736. The molecule has 1 atom stereocenters. The molecule has 0 aromatic carbocycles. The first kappa shape index (κ1) is 17.0. The predicted octanol–water partition coefficient (Wildman–Crippen LogP) is 1.68. The lowest BCUT2D eigenvalue weighted by molar-refractivity contribution is -0.142. The Morgan fingerprint density at radius 2 is 1.80 bits per heavy atom.